The molecule has 0 bridgehead atoms. The van der Waals surface area contributed by atoms with Crippen LogP contribution in [0.1, 0.15) is 102 Å². The standard InChI is InChI=1S/C38H69NO13.C2H3N/c1-15-26-38(10,45)31(42)21(4)28(40)19(2)17-37(9,47-14)33(52-35-29(41)25(39(11)12)16-20(3)48-35)22(5)30(23(6)34(44)50-26)51-27-18-36(8,46-13)32(43)24(7)49-27;1-2-3/h19-27,29-33,35,41-43,45H,15-18H2,1-14H3;1H3/t19-,20-,21+,22+,23-,24+,25+,26-,27+,29-,30+,31-,32+,33-,35+,36-,37-,38-;/m1./s1. The Bertz CT molecular complexity index is 1280. The lowest BCUT2D eigenvalue weighted by molar-refractivity contribution is -0.319. The molecule has 4 N–H and O–H groups in total. The molecular formula is C40H72N2O13. The lowest BCUT2D eigenvalue weighted by atomic mass is 9.74. The number of ketones is 1. The number of esters is 1. The van der Waals surface area contributed by atoms with E-state index in [-0.39, 0.29) is 37.2 Å². The third-order valence-electron chi connectivity index (χ3n) is 12.3. The first-order valence-corrected chi connectivity index (χ1v) is 19.6. The third-order valence-corrected chi connectivity index (χ3v) is 12.3. The van der Waals surface area contributed by atoms with Crippen LogP contribution in [0.3, 0.4) is 0 Å². The van der Waals surface area contributed by atoms with Crippen molar-refractivity contribution < 1.29 is 63.2 Å². The van der Waals surface area contributed by atoms with Crippen molar-refractivity contribution in [1.82, 2.24) is 4.90 Å². The van der Waals surface area contributed by atoms with Gasteiger partial charge in [0.05, 0.1) is 53.7 Å². The van der Waals surface area contributed by atoms with E-state index in [2.05, 4.69) is 0 Å². The van der Waals surface area contributed by atoms with Crippen molar-refractivity contribution in [2.45, 2.75) is 186 Å². The van der Waals surface area contributed by atoms with Crippen LogP contribution < -0.4 is 0 Å². The lowest BCUT2D eigenvalue weighted by Gasteiger charge is -2.50. The molecular weight excluding hydrogens is 716 g/mol. The SMILES string of the molecule is CC#N.CC[C@H]1OC(=O)[C@H](C)[C@@H](O[C@H]2C[C@@](C)(OC)[C@@H](O)[C@H](C)O2)[C@H](C)[C@@H](O[C@@H]2O[C@H](C)C[C@H](N(C)C)[C@H]2O)[C@](C)(OC)C[C@@H](C)C(=O)[C@H](C)[C@@H](O)[C@]1(C)O. The Morgan fingerprint density at radius 1 is 0.891 bits per heavy atom. The minimum atomic E-state index is -1.96. The van der Waals surface area contributed by atoms with Crippen molar-refractivity contribution in [3.63, 3.8) is 0 Å². The quantitative estimate of drug-likeness (QED) is 0.261. The van der Waals surface area contributed by atoms with E-state index in [9.17, 15) is 30.0 Å². The fourth-order valence-electron chi connectivity index (χ4n) is 8.58. The van der Waals surface area contributed by atoms with E-state index in [0.29, 0.717) is 6.42 Å². The highest BCUT2D eigenvalue weighted by molar-refractivity contribution is 5.83. The van der Waals surface area contributed by atoms with E-state index >= 15 is 0 Å². The third kappa shape index (κ3) is 11.2. The van der Waals surface area contributed by atoms with Gasteiger partial charge in [-0.3, -0.25) is 9.59 Å². The average Bonchev–Trinajstić information content (AvgIpc) is 3.12. The molecule has 0 unspecified atom stereocenters. The second-order valence-electron chi connectivity index (χ2n) is 16.9. The summed E-state index contributed by atoms with van der Waals surface area (Å²) in [5.74, 6) is -4.47. The minimum Gasteiger partial charge on any atom is -0.459 e. The summed E-state index contributed by atoms with van der Waals surface area (Å²) in [5.41, 5.74) is -4.24. The molecule has 0 aromatic carbocycles. The number of aliphatic hydroxyl groups is 4. The largest absolute Gasteiger partial charge is 0.459 e. The molecule has 18 atom stereocenters. The van der Waals surface area contributed by atoms with Crippen LogP contribution in [0.15, 0.2) is 0 Å². The number of methoxy groups -OCH3 is 2. The molecule has 15 nitrogen and oxygen atoms in total. The molecule has 3 saturated heterocycles. The zero-order valence-corrected chi connectivity index (χ0v) is 35.8. The van der Waals surface area contributed by atoms with Gasteiger partial charge in [0, 0.05) is 51.4 Å². The number of Topliss-reactive ketones (excluding diaryl/α,β-unsaturated/α-hetero) is 1. The molecule has 0 aromatic rings. The normalized spacial score (nSPS) is 46.5. The zero-order valence-electron chi connectivity index (χ0n) is 35.8. The van der Waals surface area contributed by atoms with Gasteiger partial charge in [0.1, 0.15) is 29.7 Å². The monoisotopic (exact) mass is 789 g/mol. The number of hydrogen-bond acceptors (Lipinski definition) is 15. The Hall–Kier alpha value is -1.81. The second-order valence-corrected chi connectivity index (χ2v) is 16.9. The topological polar surface area (TPSA) is 207 Å². The van der Waals surface area contributed by atoms with Crippen molar-refractivity contribution in [3.05, 3.63) is 0 Å². The van der Waals surface area contributed by atoms with Crippen LogP contribution in [0, 0.1) is 35.0 Å². The van der Waals surface area contributed by atoms with Crippen molar-refractivity contribution in [1.29, 1.82) is 5.26 Å². The van der Waals surface area contributed by atoms with E-state index in [1.54, 1.807) is 54.5 Å². The summed E-state index contributed by atoms with van der Waals surface area (Å²) < 4.78 is 43.9. The summed E-state index contributed by atoms with van der Waals surface area (Å²) in [6.07, 6.45) is -8.73. The first-order chi connectivity index (χ1) is 25.4. The van der Waals surface area contributed by atoms with Crippen LogP contribution in [0.5, 0.6) is 0 Å². The number of likely N-dealkylation sites (N-methyl/N-ethyl adjacent to an activating group) is 1. The Morgan fingerprint density at radius 2 is 1.45 bits per heavy atom. The van der Waals surface area contributed by atoms with E-state index in [1.807, 2.05) is 32.8 Å². The van der Waals surface area contributed by atoms with Crippen LogP contribution >= 0.6 is 0 Å². The summed E-state index contributed by atoms with van der Waals surface area (Å²) in [6, 6.07) is 1.47. The van der Waals surface area contributed by atoms with Crippen LogP contribution in [-0.2, 0) is 42.7 Å². The van der Waals surface area contributed by atoms with Crippen LogP contribution in [0.2, 0.25) is 0 Å². The maximum absolute atomic E-state index is 14.2. The number of nitrogens with zero attached hydrogens (tertiary/aromatic N) is 2. The maximum Gasteiger partial charge on any atom is 0.311 e. The van der Waals surface area contributed by atoms with Gasteiger partial charge in [-0.1, -0.05) is 27.7 Å². The van der Waals surface area contributed by atoms with Crippen LogP contribution in [0.4, 0.5) is 0 Å². The van der Waals surface area contributed by atoms with E-state index in [4.69, 9.17) is 38.4 Å². The Labute approximate surface area is 328 Å². The number of cyclic esters (lactones) is 1. The molecule has 3 heterocycles. The predicted molar refractivity (Wildman–Crippen MR) is 202 cm³/mol. The van der Waals surface area contributed by atoms with Gasteiger partial charge in [0.15, 0.2) is 12.6 Å². The molecule has 0 radical (unpaired) electrons. The maximum atomic E-state index is 14.2. The second kappa shape index (κ2) is 20.2. The van der Waals surface area contributed by atoms with Gasteiger partial charge in [0.25, 0.3) is 0 Å². The molecule has 3 fully saturated rings. The minimum absolute atomic E-state index is 0.111. The molecule has 0 amide bonds. The molecule has 3 rings (SSSR count). The molecule has 55 heavy (non-hydrogen) atoms. The number of rotatable bonds is 8. The molecule has 0 spiro atoms. The summed E-state index contributed by atoms with van der Waals surface area (Å²) >= 11 is 0. The Kier molecular flexibility index (Phi) is 18.2. The van der Waals surface area contributed by atoms with E-state index < -0.39 is 102 Å². The Morgan fingerprint density at radius 3 is 1.96 bits per heavy atom. The number of nitriles is 1. The van der Waals surface area contributed by atoms with E-state index in [0.717, 1.165) is 0 Å². The van der Waals surface area contributed by atoms with Crippen molar-refractivity contribution in [2.24, 2.45) is 23.7 Å². The van der Waals surface area contributed by atoms with Crippen molar-refractivity contribution in [3.8, 4) is 6.07 Å². The zero-order chi connectivity index (χ0) is 42.4. The fraction of sp³-hybridized carbons (Fsp3) is 0.925. The summed E-state index contributed by atoms with van der Waals surface area (Å²) in [4.78, 5) is 30.1. The van der Waals surface area contributed by atoms with E-state index in [1.165, 1.54) is 28.1 Å². The number of ether oxygens (including phenoxy) is 7. The first kappa shape index (κ1) is 49.3. The molecule has 3 aliphatic rings. The smallest absolute Gasteiger partial charge is 0.311 e. The van der Waals surface area contributed by atoms with Gasteiger partial charge in [0.2, 0.25) is 0 Å². The van der Waals surface area contributed by atoms with Gasteiger partial charge in [-0.2, -0.15) is 5.26 Å². The molecule has 0 aromatic heterocycles. The molecule has 0 aliphatic carbocycles. The number of carbonyl (C=O) groups excluding carboxylic acids is 2. The van der Waals surface area contributed by atoms with Gasteiger partial charge in [-0.25, -0.2) is 0 Å². The fourth-order valence-corrected chi connectivity index (χ4v) is 8.58. The molecule has 0 saturated carbocycles. The Balaban J connectivity index is 0.00000337. The highest BCUT2D eigenvalue weighted by Crippen LogP contribution is 2.41. The number of hydrogen-bond donors (Lipinski definition) is 4. The molecule has 15 heteroatoms. The van der Waals surface area contributed by atoms with Crippen LogP contribution in [-0.4, -0.2) is 150 Å². The highest BCUT2D eigenvalue weighted by atomic mass is 16.7. The molecule has 3 aliphatic heterocycles. The van der Waals surface area contributed by atoms with Gasteiger partial charge < -0.3 is 58.5 Å². The van der Waals surface area contributed by atoms with Gasteiger partial charge in [-0.15, -0.1) is 0 Å². The van der Waals surface area contributed by atoms with Gasteiger partial charge in [-0.05, 0) is 74.9 Å². The predicted octanol–water partition coefficient (Wildman–Crippen LogP) is 2.97. The summed E-state index contributed by atoms with van der Waals surface area (Å²) in [7, 11) is 6.77. The van der Waals surface area contributed by atoms with Crippen molar-refractivity contribution in [2.75, 3.05) is 28.3 Å². The average molecular weight is 789 g/mol. The van der Waals surface area contributed by atoms with Crippen molar-refractivity contribution >= 4 is 11.8 Å². The summed E-state index contributed by atoms with van der Waals surface area (Å²) in [5, 5.41) is 52.9. The molecule has 320 valence electrons. The van der Waals surface area contributed by atoms with Crippen LogP contribution in [0.25, 0.3) is 0 Å². The van der Waals surface area contributed by atoms with Gasteiger partial charge >= 0.3 is 5.97 Å². The lowest BCUT2D eigenvalue weighted by Crippen LogP contribution is -2.61. The summed E-state index contributed by atoms with van der Waals surface area (Å²) in [6.45, 7) is 18.5. The number of carbonyl (C=O) groups is 2. The number of aliphatic hydroxyl groups excluding tert-OH is 3. The first-order valence-electron chi connectivity index (χ1n) is 19.6. The highest BCUT2D eigenvalue weighted by Gasteiger charge is 2.54.